The fraction of sp³-hybridized carbons (Fsp3) is 0.273. The van der Waals surface area contributed by atoms with Crippen molar-refractivity contribution in [3.05, 3.63) is 34.5 Å². The molecule has 0 bridgehead atoms. The van der Waals surface area contributed by atoms with E-state index in [1.807, 2.05) is 12.3 Å². The van der Waals surface area contributed by atoms with Crippen molar-refractivity contribution in [2.45, 2.75) is 24.8 Å². The Morgan fingerprint density at radius 3 is 2.80 bits per heavy atom. The van der Waals surface area contributed by atoms with Gasteiger partial charge in [-0.15, -0.1) is 11.3 Å². The van der Waals surface area contributed by atoms with Crippen LogP contribution in [0.2, 0.25) is 0 Å². The molecule has 0 saturated carbocycles. The molecular formula is C11H15N5O2S2. The van der Waals surface area contributed by atoms with Crippen LogP contribution in [0.3, 0.4) is 0 Å². The molecule has 9 heteroatoms. The van der Waals surface area contributed by atoms with E-state index < -0.39 is 16.1 Å². The lowest BCUT2D eigenvalue weighted by Crippen LogP contribution is -2.28. The molecule has 2 aromatic heterocycles. The minimum absolute atomic E-state index is 0.00243. The molecule has 4 N–H and O–H groups in total. The Bertz CT molecular complexity index is 698. The molecule has 20 heavy (non-hydrogen) atoms. The highest BCUT2D eigenvalue weighted by Crippen LogP contribution is 2.23. The van der Waals surface area contributed by atoms with Gasteiger partial charge in [0.25, 0.3) is 0 Å². The van der Waals surface area contributed by atoms with Gasteiger partial charge in [-0.05, 0) is 19.9 Å². The van der Waals surface area contributed by atoms with Gasteiger partial charge in [0.05, 0.1) is 11.7 Å². The summed E-state index contributed by atoms with van der Waals surface area (Å²) in [6.07, 6.45) is 2.71. The van der Waals surface area contributed by atoms with Gasteiger partial charge in [-0.1, -0.05) is 0 Å². The normalized spacial score (nSPS) is 13.2. The maximum Gasteiger partial charge on any atom is 0.244 e. The van der Waals surface area contributed by atoms with Crippen molar-refractivity contribution in [2.75, 3.05) is 5.43 Å². The Morgan fingerprint density at radius 1 is 1.45 bits per heavy atom. The number of hydrazine groups is 1. The lowest BCUT2D eigenvalue weighted by molar-refractivity contribution is 0.566. The maximum atomic E-state index is 12.3. The topological polar surface area (TPSA) is 110 Å². The summed E-state index contributed by atoms with van der Waals surface area (Å²) < 4.78 is 27.2. The van der Waals surface area contributed by atoms with Crippen LogP contribution in [-0.2, 0) is 10.0 Å². The number of anilines is 1. The number of nitrogens with one attached hydrogen (secondary N) is 2. The van der Waals surface area contributed by atoms with E-state index in [2.05, 4.69) is 20.1 Å². The molecule has 108 valence electrons. The van der Waals surface area contributed by atoms with Crippen LogP contribution < -0.4 is 16.0 Å². The summed E-state index contributed by atoms with van der Waals surface area (Å²) in [6.45, 7) is 3.60. The van der Waals surface area contributed by atoms with Crippen molar-refractivity contribution in [3.63, 3.8) is 0 Å². The average Bonchev–Trinajstić information content (AvgIpc) is 2.85. The first-order valence-electron chi connectivity index (χ1n) is 5.79. The molecule has 0 spiro atoms. The maximum absolute atomic E-state index is 12.3. The fourth-order valence-corrected chi connectivity index (χ4v) is 3.83. The second-order valence-electron chi connectivity index (χ2n) is 4.19. The highest BCUT2D eigenvalue weighted by atomic mass is 32.2. The van der Waals surface area contributed by atoms with Gasteiger partial charge in [-0.2, -0.15) is 0 Å². The number of nitrogens with two attached hydrogens (primary N) is 1. The molecule has 0 saturated heterocycles. The first-order valence-corrected chi connectivity index (χ1v) is 8.15. The summed E-state index contributed by atoms with van der Waals surface area (Å²) >= 11 is 1.41. The molecule has 0 aromatic carbocycles. The van der Waals surface area contributed by atoms with Gasteiger partial charge >= 0.3 is 0 Å². The second kappa shape index (κ2) is 5.83. The first-order chi connectivity index (χ1) is 9.44. The SMILES string of the molecule is Cc1csc(C(C)NS(=O)(=O)c2cnccc2NN)n1. The van der Waals surface area contributed by atoms with Crippen LogP contribution in [0.5, 0.6) is 0 Å². The molecule has 1 atom stereocenters. The third-order valence-corrected chi connectivity index (χ3v) is 5.28. The van der Waals surface area contributed by atoms with Crippen LogP contribution in [-0.4, -0.2) is 18.4 Å². The zero-order valence-electron chi connectivity index (χ0n) is 11.0. The molecule has 0 aliphatic rings. The molecule has 2 aromatic rings. The third-order valence-electron chi connectivity index (χ3n) is 2.57. The highest BCUT2D eigenvalue weighted by Gasteiger charge is 2.23. The zero-order valence-corrected chi connectivity index (χ0v) is 12.6. The minimum atomic E-state index is -3.73. The summed E-state index contributed by atoms with van der Waals surface area (Å²) in [4.78, 5) is 8.09. The predicted molar refractivity (Wildman–Crippen MR) is 77.6 cm³/mol. The van der Waals surface area contributed by atoms with Crippen molar-refractivity contribution in [1.82, 2.24) is 14.7 Å². The van der Waals surface area contributed by atoms with E-state index in [0.717, 1.165) is 5.69 Å². The molecule has 2 heterocycles. The minimum Gasteiger partial charge on any atom is -0.323 e. The Kier molecular flexibility index (Phi) is 4.33. The molecule has 0 amide bonds. The third kappa shape index (κ3) is 3.12. The number of pyridine rings is 1. The number of aromatic nitrogens is 2. The molecule has 0 fully saturated rings. The van der Waals surface area contributed by atoms with Gasteiger partial charge in [0.15, 0.2) is 0 Å². The summed E-state index contributed by atoms with van der Waals surface area (Å²) in [5.74, 6) is 5.31. The van der Waals surface area contributed by atoms with E-state index in [1.54, 1.807) is 6.92 Å². The van der Waals surface area contributed by atoms with Crippen LogP contribution in [0.1, 0.15) is 23.7 Å². The standard InChI is InChI=1S/C11H15N5O2S2/c1-7-6-19-11(14-7)8(2)16-20(17,18)10-5-13-4-3-9(10)15-12/h3-6,8,16H,12H2,1-2H3,(H,13,15). The largest absolute Gasteiger partial charge is 0.323 e. The average molecular weight is 313 g/mol. The van der Waals surface area contributed by atoms with Crippen LogP contribution in [0.4, 0.5) is 5.69 Å². The monoisotopic (exact) mass is 313 g/mol. The number of aryl methyl sites for hydroxylation is 1. The summed E-state index contributed by atoms with van der Waals surface area (Å²) in [5.41, 5.74) is 3.50. The number of nitrogen functional groups attached to an aromatic ring is 1. The van der Waals surface area contributed by atoms with Crippen molar-refractivity contribution in [3.8, 4) is 0 Å². The molecule has 1 unspecified atom stereocenters. The van der Waals surface area contributed by atoms with E-state index in [9.17, 15) is 8.42 Å². The number of thiazole rings is 1. The van der Waals surface area contributed by atoms with Crippen molar-refractivity contribution in [2.24, 2.45) is 5.84 Å². The molecular weight excluding hydrogens is 298 g/mol. The van der Waals surface area contributed by atoms with Crippen LogP contribution in [0.15, 0.2) is 28.7 Å². The molecule has 7 nitrogen and oxygen atoms in total. The molecule has 0 radical (unpaired) electrons. The number of sulfonamides is 1. The van der Waals surface area contributed by atoms with Gasteiger partial charge in [0.1, 0.15) is 9.90 Å². The van der Waals surface area contributed by atoms with Crippen LogP contribution in [0, 0.1) is 6.92 Å². The van der Waals surface area contributed by atoms with Crippen molar-refractivity contribution < 1.29 is 8.42 Å². The number of hydrogen-bond acceptors (Lipinski definition) is 7. The van der Waals surface area contributed by atoms with E-state index >= 15 is 0 Å². The van der Waals surface area contributed by atoms with Crippen LogP contribution in [0.25, 0.3) is 0 Å². The lowest BCUT2D eigenvalue weighted by Gasteiger charge is -2.14. The Hall–Kier alpha value is -1.55. The summed E-state index contributed by atoms with van der Waals surface area (Å²) in [6, 6.07) is 1.07. The summed E-state index contributed by atoms with van der Waals surface area (Å²) in [5, 5.41) is 2.58. The highest BCUT2D eigenvalue weighted by molar-refractivity contribution is 7.89. The Balaban J connectivity index is 2.27. The quantitative estimate of drug-likeness (QED) is 0.564. The number of rotatable bonds is 5. The van der Waals surface area contributed by atoms with Crippen molar-refractivity contribution in [1.29, 1.82) is 0 Å². The first kappa shape index (κ1) is 14.9. The Morgan fingerprint density at radius 2 is 2.20 bits per heavy atom. The molecule has 0 aliphatic carbocycles. The van der Waals surface area contributed by atoms with E-state index in [4.69, 9.17) is 5.84 Å². The number of nitrogens with zero attached hydrogens (tertiary/aromatic N) is 2. The zero-order chi connectivity index (χ0) is 14.8. The number of hydrogen-bond donors (Lipinski definition) is 3. The Labute approximate surface area is 121 Å². The second-order valence-corrected chi connectivity index (χ2v) is 6.76. The predicted octanol–water partition coefficient (Wildman–Crippen LogP) is 1.17. The van der Waals surface area contributed by atoms with Crippen molar-refractivity contribution >= 4 is 27.0 Å². The van der Waals surface area contributed by atoms with E-state index in [1.165, 1.54) is 29.8 Å². The van der Waals surface area contributed by atoms with Gasteiger partial charge in [-0.3, -0.25) is 10.8 Å². The smallest absolute Gasteiger partial charge is 0.244 e. The van der Waals surface area contributed by atoms with Gasteiger partial charge in [0.2, 0.25) is 10.0 Å². The van der Waals surface area contributed by atoms with Gasteiger partial charge in [-0.25, -0.2) is 18.1 Å². The van der Waals surface area contributed by atoms with E-state index in [0.29, 0.717) is 5.01 Å². The summed E-state index contributed by atoms with van der Waals surface area (Å²) in [7, 11) is -3.73. The fourth-order valence-electron chi connectivity index (χ4n) is 1.63. The molecule has 2 rings (SSSR count). The lowest BCUT2D eigenvalue weighted by atomic mass is 10.4. The van der Waals surface area contributed by atoms with Crippen LogP contribution >= 0.6 is 11.3 Å². The molecule has 0 aliphatic heterocycles. The van der Waals surface area contributed by atoms with Gasteiger partial charge in [0, 0.05) is 23.5 Å². The van der Waals surface area contributed by atoms with E-state index in [-0.39, 0.29) is 10.6 Å². The van der Waals surface area contributed by atoms with Gasteiger partial charge < -0.3 is 5.43 Å².